The van der Waals surface area contributed by atoms with Crippen LogP contribution in [0.3, 0.4) is 0 Å². The smallest absolute Gasteiger partial charge is 0.309 e. The van der Waals surface area contributed by atoms with E-state index in [2.05, 4.69) is 38.1 Å². The first-order valence-corrected chi connectivity index (χ1v) is 6.77. The van der Waals surface area contributed by atoms with Crippen molar-refractivity contribution in [3.63, 3.8) is 0 Å². The summed E-state index contributed by atoms with van der Waals surface area (Å²) in [6.07, 6.45) is 1.96. The second kappa shape index (κ2) is 6.03. The molecule has 0 saturated heterocycles. The third kappa shape index (κ3) is 3.12. The minimum Gasteiger partial charge on any atom is -0.481 e. The van der Waals surface area contributed by atoms with Crippen LogP contribution in [0.5, 0.6) is 0 Å². The molecule has 0 spiro atoms. The van der Waals surface area contributed by atoms with Crippen molar-refractivity contribution in [3.8, 4) is 0 Å². The second-order valence-electron chi connectivity index (χ2n) is 5.37. The highest BCUT2D eigenvalue weighted by molar-refractivity contribution is 5.75. The SMILES string of the molecule is CCC(CC)(Cc1ccc(C(C)C)cc1)C(=O)O. The maximum Gasteiger partial charge on any atom is 0.309 e. The Morgan fingerprint density at radius 2 is 1.67 bits per heavy atom. The predicted octanol–water partition coefficient (Wildman–Crippen LogP) is 4.24. The third-order valence-electron chi connectivity index (χ3n) is 4.00. The molecule has 0 fully saturated rings. The van der Waals surface area contributed by atoms with Gasteiger partial charge in [-0.2, -0.15) is 0 Å². The standard InChI is InChI=1S/C16H24O2/c1-5-16(6-2,15(17)18)11-13-7-9-14(10-8-13)12(3)4/h7-10,12H,5-6,11H2,1-4H3,(H,17,18). The molecule has 0 saturated carbocycles. The maximum absolute atomic E-state index is 11.5. The van der Waals surface area contributed by atoms with E-state index in [0.717, 1.165) is 5.56 Å². The number of carbonyl (C=O) groups is 1. The normalized spacial score (nSPS) is 11.8. The predicted molar refractivity (Wildman–Crippen MR) is 74.9 cm³/mol. The molecule has 1 aromatic carbocycles. The average molecular weight is 248 g/mol. The van der Waals surface area contributed by atoms with Gasteiger partial charge in [-0.3, -0.25) is 4.79 Å². The van der Waals surface area contributed by atoms with E-state index in [1.54, 1.807) is 0 Å². The van der Waals surface area contributed by atoms with Crippen molar-refractivity contribution < 1.29 is 9.90 Å². The van der Waals surface area contributed by atoms with Crippen LogP contribution >= 0.6 is 0 Å². The summed E-state index contributed by atoms with van der Waals surface area (Å²) in [4.78, 5) is 11.5. The summed E-state index contributed by atoms with van der Waals surface area (Å²) >= 11 is 0. The van der Waals surface area contributed by atoms with Crippen LogP contribution in [0.25, 0.3) is 0 Å². The van der Waals surface area contributed by atoms with Gasteiger partial charge in [0.15, 0.2) is 0 Å². The number of aliphatic carboxylic acids is 1. The molecule has 0 amide bonds. The Labute approximate surface area is 110 Å². The molecule has 0 aliphatic rings. The molecular weight excluding hydrogens is 224 g/mol. The molecule has 0 radical (unpaired) electrons. The molecule has 1 rings (SSSR count). The van der Waals surface area contributed by atoms with Gasteiger partial charge in [-0.1, -0.05) is 52.0 Å². The molecule has 0 aliphatic carbocycles. The Balaban J connectivity index is 2.91. The lowest BCUT2D eigenvalue weighted by Gasteiger charge is -2.26. The van der Waals surface area contributed by atoms with Gasteiger partial charge in [0.2, 0.25) is 0 Å². The number of carboxylic acids is 1. The molecule has 1 N–H and O–H groups in total. The average Bonchev–Trinajstić information content (AvgIpc) is 2.36. The number of hydrogen-bond acceptors (Lipinski definition) is 1. The molecular formula is C16H24O2. The summed E-state index contributed by atoms with van der Waals surface area (Å²) in [5, 5.41) is 9.43. The summed E-state index contributed by atoms with van der Waals surface area (Å²) in [5.74, 6) is -0.166. The Morgan fingerprint density at radius 3 is 2.00 bits per heavy atom. The Morgan fingerprint density at radius 1 is 1.17 bits per heavy atom. The van der Waals surface area contributed by atoms with Gasteiger partial charge in [-0.15, -0.1) is 0 Å². The third-order valence-corrected chi connectivity index (χ3v) is 4.00. The van der Waals surface area contributed by atoms with Gasteiger partial charge in [-0.05, 0) is 36.3 Å². The molecule has 18 heavy (non-hydrogen) atoms. The van der Waals surface area contributed by atoms with Crippen LogP contribution in [-0.2, 0) is 11.2 Å². The lowest BCUT2D eigenvalue weighted by Crippen LogP contribution is -2.32. The lowest BCUT2D eigenvalue weighted by molar-refractivity contribution is -0.149. The molecule has 0 aliphatic heterocycles. The van der Waals surface area contributed by atoms with E-state index in [0.29, 0.717) is 25.2 Å². The number of carboxylic acid groups (broad SMARTS) is 1. The number of rotatable bonds is 6. The Bertz CT molecular complexity index is 386. The molecule has 2 nitrogen and oxygen atoms in total. The molecule has 0 heterocycles. The molecule has 1 aromatic rings. The van der Waals surface area contributed by atoms with E-state index < -0.39 is 11.4 Å². The Kier molecular flexibility index (Phi) is 4.94. The Hall–Kier alpha value is -1.31. The first kappa shape index (κ1) is 14.7. The quantitative estimate of drug-likeness (QED) is 0.817. The fraction of sp³-hybridized carbons (Fsp3) is 0.562. The van der Waals surface area contributed by atoms with Crippen LogP contribution in [-0.4, -0.2) is 11.1 Å². The fourth-order valence-corrected chi connectivity index (χ4v) is 2.29. The van der Waals surface area contributed by atoms with Crippen LogP contribution in [0.4, 0.5) is 0 Å². The summed E-state index contributed by atoms with van der Waals surface area (Å²) in [7, 11) is 0. The second-order valence-corrected chi connectivity index (χ2v) is 5.37. The van der Waals surface area contributed by atoms with Crippen molar-refractivity contribution in [2.24, 2.45) is 5.41 Å². The van der Waals surface area contributed by atoms with E-state index in [1.807, 2.05) is 13.8 Å². The van der Waals surface area contributed by atoms with Gasteiger partial charge in [0.25, 0.3) is 0 Å². The van der Waals surface area contributed by atoms with E-state index >= 15 is 0 Å². The minimum absolute atomic E-state index is 0.514. The van der Waals surface area contributed by atoms with Crippen molar-refractivity contribution in [2.75, 3.05) is 0 Å². The lowest BCUT2D eigenvalue weighted by atomic mass is 9.77. The zero-order valence-electron chi connectivity index (χ0n) is 11.9. The van der Waals surface area contributed by atoms with E-state index in [-0.39, 0.29) is 0 Å². The van der Waals surface area contributed by atoms with Crippen LogP contribution in [0.15, 0.2) is 24.3 Å². The van der Waals surface area contributed by atoms with Crippen molar-refractivity contribution in [1.29, 1.82) is 0 Å². The molecule has 2 heteroatoms. The highest BCUT2D eigenvalue weighted by Gasteiger charge is 2.34. The van der Waals surface area contributed by atoms with Crippen LogP contribution in [0, 0.1) is 5.41 Å². The van der Waals surface area contributed by atoms with Crippen molar-refractivity contribution >= 4 is 5.97 Å². The highest BCUT2D eigenvalue weighted by Crippen LogP contribution is 2.31. The molecule has 0 aromatic heterocycles. The zero-order valence-corrected chi connectivity index (χ0v) is 11.9. The molecule has 0 unspecified atom stereocenters. The summed E-state index contributed by atoms with van der Waals surface area (Å²) in [5.41, 5.74) is 1.80. The van der Waals surface area contributed by atoms with E-state index in [1.165, 1.54) is 5.56 Å². The topological polar surface area (TPSA) is 37.3 Å². The molecule has 0 bridgehead atoms. The highest BCUT2D eigenvalue weighted by atomic mass is 16.4. The van der Waals surface area contributed by atoms with Crippen LogP contribution < -0.4 is 0 Å². The maximum atomic E-state index is 11.5. The van der Waals surface area contributed by atoms with Crippen molar-refractivity contribution in [3.05, 3.63) is 35.4 Å². The largest absolute Gasteiger partial charge is 0.481 e. The van der Waals surface area contributed by atoms with Crippen LogP contribution in [0.2, 0.25) is 0 Å². The first-order valence-electron chi connectivity index (χ1n) is 6.77. The van der Waals surface area contributed by atoms with Gasteiger partial charge < -0.3 is 5.11 Å². The number of benzene rings is 1. The van der Waals surface area contributed by atoms with Crippen molar-refractivity contribution in [2.45, 2.75) is 52.9 Å². The van der Waals surface area contributed by atoms with Gasteiger partial charge in [0.05, 0.1) is 5.41 Å². The fourth-order valence-electron chi connectivity index (χ4n) is 2.29. The summed E-state index contributed by atoms with van der Waals surface area (Å²) in [6, 6.07) is 8.35. The van der Waals surface area contributed by atoms with Gasteiger partial charge in [0.1, 0.15) is 0 Å². The minimum atomic E-state index is -0.680. The van der Waals surface area contributed by atoms with Gasteiger partial charge >= 0.3 is 5.97 Å². The van der Waals surface area contributed by atoms with Gasteiger partial charge in [-0.25, -0.2) is 0 Å². The van der Waals surface area contributed by atoms with Gasteiger partial charge in [0, 0.05) is 0 Å². The van der Waals surface area contributed by atoms with E-state index in [9.17, 15) is 9.90 Å². The zero-order chi connectivity index (χ0) is 13.8. The molecule has 100 valence electrons. The summed E-state index contributed by atoms with van der Waals surface area (Å²) in [6.45, 7) is 8.24. The van der Waals surface area contributed by atoms with E-state index in [4.69, 9.17) is 0 Å². The first-order chi connectivity index (χ1) is 8.45. The van der Waals surface area contributed by atoms with Crippen LogP contribution in [0.1, 0.15) is 57.6 Å². The number of hydrogen-bond donors (Lipinski definition) is 1. The summed E-state index contributed by atoms with van der Waals surface area (Å²) < 4.78 is 0. The van der Waals surface area contributed by atoms with Crippen molar-refractivity contribution in [1.82, 2.24) is 0 Å². The molecule has 0 atom stereocenters. The monoisotopic (exact) mass is 248 g/mol.